The monoisotopic (exact) mass is 409 g/mol. The van der Waals surface area contributed by atoms with Gasteiger partial charge < -0.3 is 14.4 Å². The maximum Gasteiger partial charge on any atom is 0.325 e. The molecular weight excluding hydrogens is 382 g/mol. The Morgan fingerprint density at radius 1 is 1.10 bits per heavy atom. The second kappa shape index (κ2) is 10.5. The average Bonchev–Trinajstić information content (AvgIpc) is 3.23. The Morgan fingerprint density at radius 2 is 1.77 bits per heavy atom. The van der Waals surface area contributed by atoms with Crippen molar-refractivity contribution in [2.24, 2.45) is 5.10 Å². The van der Waals surface area contributed by atoms with E-state index in [0.29, 0.717) is 18.7 Å². The number of carbonyl (C=O) groups is 2. The third-order valence-electron chi connectivity index (χ3n) is 4.84. The van der Waals surface area contributed by atoms with E-state index in [2.05, 4.69) is 5.10 Å². The third kappa shape index (κ3) is 5.24. The Morgan fingerprint density at radius 3 is 2.40 bits per heavy atom. The van der Waals surface area contributed by atoms with Crippen LogP contribution in [0, 0.1) is 0 Å². The highest BCUT2D eigenvalue weighted by atomic mass is 16.5. The Hall–Kier alpha value is -3.19. The Bertz CT molecular complexity index is 871. The van der Waals surface area contributed by atoms with Crippen molar-refractivity contribution in [3.05, 3.63) is 66.2 Å². The zero-order chi connectivity index (χ0) is 21.3. The molecule has 158 valence electrons. The third-order valence-corrected chi connectivity index (χ3v) is 4.84. The van der Waals surface area contributed by atoms with Crippen LogP contribution in [0.3, 0.4) is 0 Å². The second-order valence-electron chi connectivity index (χ2n) is 6.88. The molecule has 0 aliphatic carbocycles. The van der Waals surface area contributed by atoms with Gasteiger partial charge in [0.25, 0.3) is 5.91 Å². The fourth-order valence-corrected chi connectivity index (χ4v) is 3.39. The number of para-hydroxylation sites is 1. The standard InChI is InChI=1S/C23H27N3O4/c1-3-30-22(27)17-25(14-15-29-2)23(28)20-16-21(18-10-6-4-7-11-18)26(24-20)19-12-8-5-9-13-19/h4-13,21H,3,14-17H2,1-2H3. The molecule has 0 saturated heterocycles. The topological polar surface area (TPSA) is 71.4 Å². The lowest BCUT2D eigenvalue weighted by Crippen LogP contribution is -2.42. The number of rotatable bonds is 9. The van der Waals surface area contributed by atoms with E-state index in [4.69, 9.17) is 9.47 Å². The summed E-state index contributed by atoms with van der Waals surface area (Å²) in [5.41, 5.74) is 2.39. The number of nitrogens with zero attached hydrogens (tertiary/aromatic N) is 3. The summed E-state index contributed by atoms with van der Waals surface area (Å²) in [6.45, 7) is 2.49. The van der Waals surface area contributed by atoms with E-state index in [-0.39, 0.29) is 31.6 Å². The van der Waals surface area contributed by atoms with E-state index in [9.17, 15) is 9.59 Å². The minimum atomic E-state index is -0.444. The van der Waals surface area contributed by atoms with Crippen LogP contribution < -0.4 is 5.01 Å². The van der Waals surface area contributed by atoms with Gasteiger partial charge in [-0.15, -0.1) is 0 Å². The number of amides is 1. The normalized spacial score (nSPS) is 15.6. The average molecular weight is 409 g/mol. The summed E-state index contributed by atoms with van der Waals surface area (Å²) in [5, 5.41) is 6.54. The molecular formula is C23H27N3O4. The van der Waals surface area contributed by atoms with E-state index in [0.717, 1.165) is 11.3 Å². The summed E-state index contributed by atoms with van der Waals surface area (Å²) in [6.07, 6.45) is 0.448. The lowest BCUT2D eigenvalue weighted by Gasteiger charge is -2.23. The highest BCUT2D eigenvalue weighted by Gasteiger charge is 2.34. The van der Waals surface area contributed by atoms with Crippen molar-refractivity contribution in [1.82, 2.24) is 4.90 Å². The van der Waals surface area contributed by atoms with Crippen LogP contribution >= 0.6 is 0 Å². The second-order valence-corrected chi connectivity index (χ2v) is 6.88. The van der Waals surface area contributed by atoms with Crippen LogP contribution in [0.5, 0.6) is 0 Å². The van der Waals surface area contributed by atoms with Crippen LogP contribution in [0.25, 0.3) is 0 Å². The maximum absolute atomic E-state index is 13.3. The van der Waals surface area contributed by atoms with Crippen LogP contribution in [-0.2, 0) is 19.1 Å². The number of anilines is 1. The molecule has 1 aliphatic rings. The van der Waals surface area contributed by atoms with Gasteiger partial charge >= 0.3 is 5.97 Å². The molecule has 7 nitrogen and oxygen atoms in total. The highest BCUT2D eigenvalue weighted by molar-refractivity contribution is 6.39. The van der Waals surface area contributed by atoms with Crippen molar-refractivity contribution in [2.75, 3.05) is 38.4 Å². The van der Waals surface area contributed by atoms with Gasteiger partial charge in [0, 0.05) is 20.1 Å². The number of hydrazone groups is 1. The molecule has 1 aliphatic heterocycles. The van der Waals surface area contributed by atoms with Crippen molar-refractivity contribution in [2.45, 2.75) is 19.4 Å². The first-order valence-electron chi connectivity index (χ1n) is 10.0. The molecule has 0 aromatic heterocycles. The molecule has 0 radical (unpaired) electrons. The highest BCUT2D eigenvalue weighted by Crippen LogP contribution is 2.35. The van der Waals surface area contributed by atoms with Crippen LogP contribution in [0.1, 0.15) is 24.9 Å². The fraction of sp³-hybridized carbons (Fsp3) is 0.348. The molecule has 0 fully saturated rings. The number of hydrogen-bond donors (Lipinski definition) is 0. The first-order valence-corrected chi connectivity index (χ1v) is 10.0. The summed E-state index contributed by atoms with van der Waals surface area (Å²) in [5.74, 6) is -0.723. The van der Waals surface area contributed by atoms with Crippen molar-refractivity contribution >= 4 is 23.3 Å². The van der Waals surface area contributed by atoms with Crippen LogP contribution in [0.4, 0.5) is 5.69 Å². The summed E-state index contributed by atoms with van der Waals surface area (Å²) in [6, 6.07) is 19.6. The van der Waals surface area contributed by atoms with Gasteiger partial charge in [-0.05, 0) is 24.6 Å². The Kier molecular flexibility index (Phi) is 7.57. The van der Waals surface area contributed by atoms with E-state index < -0.39 is 5.97 Å². The van der Waals surface area contributed by atoms with Crippen molar-refractivity contribution in [3.8, 4) is 0 Å². The minimum absolute atomic E-state index is 0.0978. The molecule has 0 spiro atoms. The van der Waals surface area contributed by atoms with E-state index in [1.165, 1.54) is 4.90 Å². The predicted molar refractivity (Wildman–Crippen MR) is 115 cm³/mol. The molecule has 2 aromatic rings. The van der Waals surface area contributed by atoms with Crippen molar-refractivity contribution < 1.29 is 19.1 Å². The summed E-state index contributed by atoms with van der Waals surface area (Å²) in [7, 11) is 1.56. The minimum Gasteiger partial charge on any atom is -0.465 e. The van der Waals surface area contributed by atoms with Gasteiger partial charge in [0.05, 0.1) is 24.9 Å². The molecule has 3 rings (SSSR count). The molecule has 1 atom stereocenters. The lowest BCUT2D eigenvalue weighted by atomic mass is 10.0. The number of methoxy groups -OCH3 is 1. The van der Waals surface area contributed by atoms with Crippen molar-refractivity contribution in [3.63, 3.8) is 0 Å². The first kappa shape index (κ1) is 21.5. The van der Waals surface area contributed by atoms with Crippen LogP contribution in [0.2, 0.25) is 0 Å². The van der Waals surface area contributed by atoms with Gasteiger partial charge in [-0.25, -0.2) is 0 Å². The van der Waals surface area contributed by atoms with Gasteiger partial charge in [-0.2, -0.15) is 5.10 Å². The number of esters is 1. The van der Waals surface area contributed by atoms with Gasteiger partial charge in [0.15, 0.2) is 0 Å². The number of ether oxygens (including phenoxy) is 2. The largest absolute Gasteiger partial charge is 0.465 e. The lowest BCUT2D eigenvalue weighted by molar-refractivity contribution is -0.147. The van der Waals surface area contributed by atoms with Gasteiger partial charge in [0.1, 0.15) is 12.3 Å². The Balaban J connectivity index is 1.87. The van der Waals surface area contributed by atoms with Crippen molar-refractivity contribution in [1.29, 1.82) is 0 Å². The molecule has 2 aromatic carbocycles. The van der Waals surface area contributed by atoms with Gasteiger partial charge in [-0.3, -0.25) is 14.6 Å². The predicted octanol–water partition coefficient (Wildman–Crippen LogP) is 3.03. The van der Waals surface area contributed by atoms with Crippen LogP contribution in [0.15, 0.2) is 65.8 Å². The van der Waals surface area contributed by atoms with Gasteiger partial charge in [-0.1, -0.05) is 48.5 Å². The van der Waals surface area contributed by atoms with E-state index in [1.807, 2.05) is 65.7 Å². The first-order chi connectivity index (χ1) is 14.6. The van der Waals surface area contributed by atoms with E-state index in [1.54, 1.807) is 14.0 Å². The molecule has 1 amide bonds. The smallest absolute Gasteiger partial charge is 0.325 e. The molecule has 1 heterocycles. The molecule has 0 bridgehead atoms. The zero-order valence-corrected chi connectivity index (χ0v) is 17.4. The fourth-order valence-electron chi connectivity index (χ4n) is 3.39. The van der Waals surface area contributed by atoms with E-state index >= 15 is 0 Å². The summed E-state index contributed by atoms with van der Waals surface area (Å²) < 4.78 is 10.1. The Labute approximate surface area is 176 Å². The zero-order valence-electron chi connectivity index (χ0n) is 17.4. The quantitative estimate of drug-likeness (QED) is 0.596. The molecule has 0 N–H and O–H groups in total. The van der Waals surface area contributed by atoms with Gasteiger partial charge in [0.2, 0.25) is 0 Å². The number of benzene rings is 2. The maximum atomic E-state index is 13.3. The molecule has 1 unspecified atom stereocenters. The number of hydrogen-bond acceptors (Lipinski definition) is 6. The number of carbonyl (C=O) groups excluding carboxylic acids is 2. The molecule has 7 heteroatoms. The molecule has 0 saturated carbocycles. The summed E-state index contributed by atoms with van der Waals surface area (Å²) >= 11 is 0. The molecule has 30 heavy (non-hydrogen) atoms. The SMILES string of the molecule is CCOC(=O)CN(CCOC)C(=O)C1=NN(c2ccccc2)C(c2ccccc2)C1. The summed E-state index contributed by atoms with van der Waals surface area (Å²) in [4.78, 5) is 26.7. The van der Waals surface area contributed by atoms with Crippen LogP contribution in [-0.4, -0.2) is 55.9 Å².